The first-order chi connectivity index (χ1) is 17.4. The molecule has 11 heteroatoms. The molecule has 3 fully saturated rings. The first-order valence-corrected chi connectivity index (χ1v) is 13.0. The van der Waals surface area contributed by atoms with Crippen molar-refractivity contribution in [3.63, 3.8) is 0 Å². The summed E-state index contributed by atoms with van der Waals surface area (Å²) in [5.41, 5.74) is 1.13. The topological polar surface area (TPSA) is 92.4 Å². The largest absolute Gasteiger partial charge is 0.335 e. The van der Waals surface area contributed by atoms with Gasteiger partial charge in [0.15, 0.2) is 5.65 Å². The van der Waals surface area contributed by atoms with E-state index in [9.17, 15) is 9.59 Å². The number of piperazine rings is 1. The Bertz CT molecular complexity index is 1380. The number of aromatic nitrogens is 5. The highest BCUT2D eigenvalue weighted by Crippen LogP contribution is 2.42. The van der Waals surface area contributed by atoms with Crippen LogP contribution in [-0.2, 0) is 13.6 Å². The van der Waals surface area contributed by atoms with Crippen LogP contribution in [0.2, 0.25) is 5.02 Å². The molecule has 36 heavy (non-hydrogen) atoms. The van der Waals surface area contributed by atoms with Gasteiger partial charge in [-0.2, -0.15) is 0 Å². The normalized spacial score (nSPS) is 25.1. The number of likely N-dealkylation sites (N-methyl/N-ethyl adjacent to an activating group) is 1. The molecule has 6 rings (SSSR count). The van der Waals surface area contributed by atoms with E-state index in [-0.39, 0.29) is 18.1 Å². The summed E-state index contributed by atoms with van der Waals surface area (Å²) in [5.74, 6) is 0.758. The molecule has 0 aliphatic carbocycles. The predicted octanol–water partition coefficient (Wildman–Crippen LogP) is 1.66. The highest BCUT2D eigenvalue weighted by molar-refractivity contribution is 6.31. The lowest BCUT2D eigenvalue weighted by Crippen LogP contribution is -2.49. The van der Waals surface area contributed by atoms with Gasteiger partial charge in [-0.15, -0.1) is 0 Å². The summed E-state index contributed by atoms with van der Waals surface area (Å²) in [6.45, 7) is 5.18. The van der Waals surface area contributed by atoms with Crippen LogP contribution in [0, 0.1) is 0 Å². The molecule has 2 bridgehead atoms. The fraction of sp³-hybridized carbons (Fsp3) is 0.560. The molecule has 0 spiro atoms. The highest BCUT2D eigenvalue weighted by Gasteiger charge is 2.43. The number of rotatable bonds is 4. The van der Waals surface area contributed by atoms with E-state index in [2.05, 4.69) is 26.7 Å². The zero-order chi connectivity index (χ0) is 25.0. The molecule has 0 aromatic carbocycles. The predicted molar refractivity (Wildman–Crippen MR) is 139 cm³/mol. The number of piperidine rings is 1. The minimum absolute atomic E-state index is 0.104. The minimum Gasteiger partial charge on any atom is -0.335 e. The van der Waals surface area contributed by atoms with Crippen molar-refractivity contribution in [1.29, 1.82) is 0 Å². The Morgan fingerprint density at radius 1 is 0.889 bits per heavy atom. The molecule has 3 atom stereocenters. The third-order valence-corrected chi connectivity index (χ3v) is 8.31. The van der Waals surface area contributed by atoms with Gasteiger partial charge in [0.2, 0.25) is 5.95 Å². The van der Waals surface area contributed by atoms with Gasteiger partial charge < -0.3 is 14.4 Å². The molecule has 10 nitrogen and oxygen atoms in total. The van der Waals surface area contributed by atoms with E-state index in [1.807, 2.05) is 12.4 Å². The van der Waals surface area contributed by atoms with Crippen LogP contribution in [0.1, 0.15) is 37.3 Å². The smallest absolute Gasteiger partial charge is 0.318 e. The summed E-state index contributed by atoms with van der Waals surface area (Å²) in [5, 5.41) is 0.436. The number of hydrogen-bond donors (Lipinski definition) is 0. The molecule has 3 aliphatic rings. The maximum atomic E-state index is 13.1. The van der Waals surface area contributed by atoms with E-state index >= 15 is 0 Å². The van der Waals surface area contributed by atoms with E-state index < -0.39 is 11.1 Å². The second-order valence-electron chi connectivity index (χ2n) is 10.4. The number of halogens is 1. The molecule has 3 aromatic heterocycles. The van der Waals surface area contributed by atoms with Crippen molar-refractivity contribution in [3.8, 4) is 0 Å². The maximum Gasteiger partial charge on any atom is 0.318 e. The molecule has 3 aliphatic heterocycles. The molecule has 0 amide bonds. The Hall–Kier alpha value is -2.82. The quantitative estimate of drug-likeness (QED) is 0.489. The zero-order valence-electron chi connectivity index (χ0n) is 20.7. The Labute approximate surface area is 214 Å². The maximum absolute atomic E-state index is 13.1. The summed E-state index contributed by atoms with van der Waals surface area (Å²) >= 11 is 6.15. The second kappa shape index (κ2) is 9.24. The average Bonchev–Trinajstić information content (AvgIpc) is 3.14. The van der Waals surface area contributed by atoms with Gasteiger partial charge in [-0.3, -0.25) is 19.1 Å². The van der Waals surface area contributed by atoms with E-state index in [1.165, 1.54) is 10.8 Å². The van der Waals surface area contributed by atoms with Crippen molar-refractivity contribution >= 4 is 28.7 Å². The van der Waals surface area contributed by atoms with Gasteiger partial charge in [-0.25, -0.2) is 15.0 Å². The Balaban J connectivity index is 1.23. The molecule has 0 radical (unpaired) electrons. The van der Waals surface area contributed by atoms with Crippen LogP contribution >= 0.6 is 11.6 Å². The van der Waals surface area contributed by atoms with Crippen molar-refractivity contribution in [1.82, 2.24) is 33.9 Å². The van der Waals surface area contributed by atoms with Crippen LogP contribution in [0.3, 0.4) is 0 Å². The lowest BCUT2D eigenvalue weighted by Gasteiger charge is -2.39. The molecule has 0 saturated carbocycles. The van der Waals surface area contributed by atoms with E-state index in [4.69, 9.17) is 21.6 Å². The molecule has 0 unspecified atom stereocenters. The van der Waals surface area contributed by atoms with Crippen LogP contribution in [0.5, 0.6) is 0 Å². The second-order valence-corrected chi connectivity index (χ2v) is 10.9. The molecule has 190 valence electrons. The average molecular weight is 511 g/mol. The van der Waals surface area contributed by atoms with Gasteiger partial charge in [0.1, 0.15) is 0 Å². The Morgan fingerprint density at radius 2 is 1.56 bits per heavy atom. The standard InChI is InChI=1S/C25H31ClN8O2/c1-30-5-7-32(8-6-30)15-16-12-28-25(29-13-16)33-18-3-4-19(33)11-20(10-18)34-22-21(9-17(26)14-27-22)31(2)23(35)24(34)36/h9,12-14,18-20H,3-8,10-11,15H2,1-2H3/t18-,19+,20-. The third-order valence-electron chi connectivity index (χ3n) is 8.11. The van der Waals surface area contributed by atoms with Gasteiger partial charge in [0, 0.05) is 82.1 Å². The SMILES string of the molecule is CN1CCN(Cc2cnc(N3[C@@H]4CC[C@H]3C[C@H](n3c(=O)c(=O)n(C)c5cc(Cl)cnc53)C4)nc2)CC1. The summed E-state index contributed by atoms with van der Waals surface area (Å²) in [7, 11) is 3.75. The number of nitrogens with zero attached hydrogens (tertiary/aromatic N) is 8. The minimum atomic E-state index is -0.555. The number of hydrogen-bond acceptors (Lipinski definition) is 8. The summed E-state index contributed by atoms with van der Waals surface area (Å²) in [6, 6.07) is 2.03. The van der Waals surface area contributed by atoms with Crippen LogP contribution in [0.25, 0.3) is 11.2 Å². The van der Waals surface area contributed by atoms with Gasteiger partial charge in [0.25, 0.3) is 0 Å². The lowest BCUT2D eigenvalue weighted by molar-refractivity contribution is 0.148. The van der Waals surface area contributed by atoms with E-state index in [1.54, 1.807) is 17.7 Å². The van der Waals surface area contributed by atoms with Crippen LogP contribution in [0.15, 0.2) is 34.2 Å². The summed E-state index contributed by atoms with van der Waals surface area (Å²) in [6.07, 6.45) is 8.97. The summed E-state index contributed by atoms with van der Waals surface area (Å²) < 4.78 is 2.95. The fourth-order valence-electron chi connectivity index (χ4n) is 6.16. The van der Waals surface area contributed by atoms with E-state index in [0.29, 0.717) is 16.2 Å². The van der Waals surface area contributed by atoms with Gasteiger partial charge in [0.05, 0.1) is 10.5 Å². The van der Waals surface area contributed by atoms with Gasteiger partial charge in [-0.05, 0) is 38.8 Å². The van der Waals surface area contributed by atoms with Crippen molar-refractivity contribution in [2.45, 2.75) is 50.4 Å². The molecule has 3 saturated heterocycles. The number of fused-ring (bicyclic) bond motifs is 3. The molecular weight excluding hydrogens is 480 g/mol. The Kier molecular flexibility index (Phi) is 6.05. The van der Waals surface area contributed by atoms with Gasteiger partial charge in [-0.1, -0.05) is 11.6 Å². The number of pyridine rings is 1. The van der Waals surface area contributed by atoms with E-state index in [0.717, 1.165) is 69.9 Å². The van der Waals surface area contributed by atoms with Crippen molar-refractivity contribution in [2.24, 2.45) is 7.05 Å². The molecular formula is C25H31ClN8O2. The van der Waals surface area contributed by atoms with Crippen molar-refractivity contribution in [2.75, 3.05) is 38.1 Å². The lowest BCUT2D eigenvalue weighted by atomic mass is 9.97. The fourth-order valence-corrected chi connectivity index (χ4v) is 6.31. The van der Waals surface area contributed by atoms with Gasteiger partial charge >= 0.3 is 11.1 Å². The third kappa shape index (κ3) is 4.10. The first-order valence-electron chi connectivity index (χ1n) is 12.7. The highest BCUT2D eigenvalue weighted by atomic mass is 35.5. The first kappa shape index (κ1) is 23.6. The molecule has 6 heterocycles. The number of aryl methyl sites for hydroxylation is 1. The van der Waals surface area contributed by atoms with Crippen LogP contribution in [0.4, 0.5) is 5.95 Å². The zero-order valence-corrected chi connectivity index (χ0v) is 21.4. The molecule has 0 N–H and O–H groups in total. The number of anilines is 1. The summed E-state index contributed by atoms with van der Waals surface area (Å²) in [4.78, 5) is 46.9. The Morgan fingerprint density at radius 3 is 2.22 bits per heavy atom. The van der Waals surface area contributed by atoms with Crippen molar-refractivity contribution < 1.29 is 0 Å². The van der Waals surface area contributed by atoms with Crippen LogP contribution in [-0.4, -0.2) is 79.2 Å². The molecule has 3 aromatic rings. The van der Waals surface area contributed by atoms with Crippen LogP contribution < -0.4 is 16.0 Å². The van der Waals surface area contributed by atoms with Crippen molar-refractivity contribution in [3.05, 3.63) is 56.0 Å². The monoisotopic (exact) mass is 510 g/mol.